The van der Waals surface area contributed by atoms with Gasteiger partial charge in [-0.3, -0.25) is 4.72 Å². The number of nitrogens with zero attached hydrogens (tertiary/aromatic N) is 1. The summed E-state index contributed by atoms with van der Waals surface area (Å²) in [5, 5.41) is 13.3. The first-order valence-corrected chi connectivity index (χ1v) is 15.0. The molecule has 15 heteroatoms. The minimum absolute atomic E-state index is 0.0111. The SMILES string of the molecule is CS(=O)(=O)Nc1ccsc1C(=O)O[C@@H](Cc1c(Cl)c[n+]([O-])cc1Cl)c1ccc(OC(F)F)c(OCC2CC2)c1. The summed E-state index contributed by atoms with van der Waals surface area (Å²) < 4.78 is 68.3. The Bertz CT molecular complexity index is 1440. The van der Waals surface area contributed by atoms with Crippen LogP contribution in [0.1, 0.15) is 39.7 Å². The molecule has 2 heterocycles. The van der Waals surface area contributed by atoms with E-state index < -0.39 is 28.7 Å². The second-order valence-corrected chi connectivity index (χ2v) is 12.2. The van der Waals surface area contributed by atoms with Gasteiger partial charge in [0, 0.05) is 12.0 Å². The molecule has 0 saturated heterocycles. The molecule has 9 nitrogen and oxygen atoms in total. The van der Waals surface area contributed by atoms with Crippen LogP contribution in [0.15, 0.2) is 42.0 Å². The second kappa shape index (κ2) is 12.1. The zero-order chi connectivity index (χ0) is 28.3. The largest absolute Gasteiger partial charge is 0.619 e. The van der Waals surface area contributed by atoms with Crippen LogP contribution in [0.4, 0.5) is 14.5 Å². The number of carbonyl (C=O) groups is 1. The molecule has 0 bridgehead atoms. The summed E-state index contributed by atoms with van der Waals surface area (Å²) in [6.45, 7) is -2.80. The van der Waals surface area contributed by atoms with Crippen LogP contribution in [-0.2, 0) is 21.2 Å². The standard InChI is InChI=1S/C24H22Cl2F2N2O7S2/c1-39(33,34)29-18-6-7-38-22(18)23(31)36-20(9-15-16(25)10-30(32)11-17(15)26)14-4-5-19(37-24(27)28)21(8-14)35-12-13-2-3-13/h4-8,10-11,13,20,24,29H,2-3,9,12H2,1H3/t20-/m0/s1. The van der Waals surface area contributed by atoms with E-state index in [9.17, 15) is 27.2 Å². The number of hydrogen-bond donors (Lipinski definition) is 1. The number of pyridine rings is 1. The summed E-state index contributed by atoms with van der Waals surface area (Å²) in [5.74, 6) is -0.724. The van der Waals surface area contributed by atoms with Crippen LogP contribution >= 0.6 is 34.5 Å². The van der Waals surface area contributed by atoms with Gasteiger partial charge in [-0.05, 0) is 47.9 Å². The van der Waals surface area contributed by atoms with Gasteiger partial charge in [0.1, 0.15) is 21.0 Å². The Labute approximate surface area is 236 Å². The first-order valence-electron chi connectivity index (χ1n) is 11.4. The minimum atomic E-state index is -3.69. The number of nitrogens with one attached hydrogen (secondary N) is 1. The highest BCUT2D eigenvalue weighted by Gasteiger charge is 2.28. The predicted octanol–water partition coefficient (Wildman–Crippen LogP) is 5.59. The van der Waals surface area contributed by atoms with E-state index in [2.05, 4.69) is 9.46 Å². The highest BCUT2D eigenvalue weighted by Crippen LogP contribution is 2.38. The normalized spacial score (nSPS) is 14.2. The van der Waals surface area contributed by atoms with Gasteiger partial charge in [-0.15, -0.1) is 11.3 Å². The Morgan fingerprint density at radius 3 is 2.51 bits per heavy atom. The van der Waals surface area contributed by atoms with E-state index in [0.717, 1.165) is 42.8 Å². The zero-order valence-corrected chi connectivity index (χ0v) is 23.4. The molecule has 0 aliphatic heterocycles. The van der Waals surface area contributed by atoms with E-state index in [0.29, 0.717) is 22.8 Å². The van der Waals surface area contributed by atoms with Gasteiger partial charge < -0.3 is 19.4 Å². The Balaban J connectivity index is 1.70. The molecule has 1 saturated carbocycles. The number of benzene rings is 1. The number of anilines is 1. The number of thiophene rings is 1. The van der Waals surface area contributed by atoms with Crippen molar-refractivity contribution >= 4 is 56.2 Å². The smallest absolute Gasteiger partial charge is 0.387 e. The van der Waals surface area contributed by atoms with E-state index >= 15 is 0 Å². The van der Waals surface area contributed by atoms with Crippen LogP contribution in [0.5, 0.6) is 11.5 Å². The van der Waals surface area contributed by atoms with Gasteiger partial charge in [-0.25, -0.2) is 13.2 Å². The molecule has 1 N–H and O–H groups in total. The molecular formula is C24H22Cl2F2N2O7S2. The van der Waals surface area contributed by atoms with E-state index in [4.69, 9.17) is 32.7 Å². The summed E-state index contributed by atoms with van der Waals surface area (Å²) in [6.07, 6.45) is 3.81. The Morgan fingerprint density at radius 2 is 1.90 bits per heavy atom. The lowest BCUT2D eigenvalue weighted by Crippen LogP contribution is -2.25. The average Bonchev–Trinajstić information content (AvgIpc) is 3.55. The predicted molar refractivity (Wildman–Crippen MR) is 141 cm³/mol. The number of alkyl halides is 2. The summed E-state index contributed by atoms with van der Waals surface area (Å²) in [7, 11) is -3.69. The van der Waals surface area contributed by atoms with E-state index in [1.807, 2.05) is 0 Å². The van der Waals surface area contributed by atoms with Crippen LogP contribution in [-0.4, -0.2) is 33.9 Å². The Morgan fingerprint density at radius 1 is 1.21 bits per heavy atom. The first-order chi connectivity index (χ1) is 18.4. The summed E-state index contributed by atoms with van der Waals surface area (Å²) in [6, 6.07) is 5.52. The van der Waals surface area contributed by atoms with Crippen LogP contribution in [0, 0.1) is 11.1 Å². The molecule has 1 aromatic carbocycles. The lowest BCUT2D eigenvalue weighted by molar-refractivity contribution is -0.605. The molecule has 0 unspecified atom stereocenters. The molecule has 2 aromatic heterocycles. The van der Waals surface area contributed by atoms with Crippen molar-refractivity contribution in [1.29, 1.82) is 0 Å². The van der Waals surface area contributed by atoms with Crippen molar-refractivity contribution in [3.63, 3.8) is 0 Å². The third-order valence-electron chi connectivity index (χ3n) is 5.57. The van der Waals surface area contributed by atoms with Crippen LogP contribution in [0.25, 0.3) is 0 Å². The van der Waals surface area contributed by atoms with Crippen molar-refractivity contribution in [3.05, 3.63) is 73.3 Å². The van der Waals surface area contributed by atoms with Gasteiger partial charge in [0.15, 0.2) is 23.9 Å². The van der Waals surface area contributed by atoms with Crippen molar-refractivity contribution in [2.45, 2.75) is 32.0 Å². The van der Waals surface area contributed by atoms with Crippen molar-refractivity contribution in [2.24, 2.45) is 5.92 Å². The van der Waals surface area contributed by atoms with Gasteiger partial charge in [0.25, 0.3) is 0 Å². The number of halogens is 4. The maximum absolute atomic E-state index is 13.2. The first kappa shape index (κ1) is 29.1. The maximum Gasteiger partial charge on any atom is 0.387 e. The van der Waals surface area contributed by atoms with E-state index in [-0.39, 0.29) is 44.1 Å². The number of sulfonamides is 1. The number of carbonyl (C=O) groups excluding carboxylic acids is 1. The molecule has 4 rings (SSSR count). The van der Waals surface area contributed by atoms with Crippen molar-refractivity contribution in [1.82, 2.24) is 0 Å². The molecule has 39 heavy (non-hydrogen) atoms. The van der Waals surface area contributed by atoms with Crippen molar-refractivity contribution in [2.75, 3.05) is 17.6 Å². The minimum Gasteiger partial charge on any atom is -0.619 e. The summed E-state index contributed by atoms with van der Waals surface area (Å²) >= 11 is 13.5. The lowest BCUT2D eigenvalue weighted by atomic mass is 10.0. The fourth-order valence-electron chi connectivity index (χ4n) is 3.59. The number of hydrogen-bond acceptors (Lipinski definition) is 8. The topological polar surface area (TPSA) is 118 Å². The number of aromatic nitrogens is 1. The fourth-order valence-corrected chi connectivity index (χ4v) is 5.56. The van der Waals surface area contributed by atoms with Crippen LogP contribution < -0.4 is 18.9 Å². The molecule has 0 radical (unpaired) electrons. The third kappa shape index (κ3) is 8.07. The fraction of sp³-hybridized carbons (Fsp3) is 0.333. The Hall–Kier alpha value is -2.87. The molecule has 3 aromatic rings. The summed E-state index contributed by atoms with van der Waals surface area (Å²) in [5.41, 5.74) is 0.650. The quantitative estimate of drug-likeness (QED) is 0.159. The van der Waals surface area contributed by atoms with Gasteiger partial charge in [-0.1, -0.05) is 29.3 Å². The van der Waals surface area contributed by atoms with Gasteiger partial charge in [-0.2, -0.15) is 13.5 Å². The second-order valence-electron chi connectivity index (χ2n) is 8.77. The van der Waals surface area contributed by atoms with Gasteiger partial charge in [0.05, 0.1) is 18.6 Å². The molecule has 1 aliphatic carbocycles. The van der Waals surface area contributed by atoms with Gasteiger partial charge in [0.2, 0.25) is 10.0 Å². The Kier molecular flexibility index (Phi) is 9.04. The highest BCUT2D eigenvalue weighted by atomic mass is 35.5. The molecule has 1 aliphatic rings. The molecular weight excluding hydrogens is 601 g/mol. The lowest BCUT2D eigenvalue weighted by Gasteiger charge is -2.21. The number of ether oxygens (including phenoxy) is 3. The molecule has 0 amide bonds. The van der Waals surface area contributed by atoms with E-state index in [1.165, 1.54) is 29.6 Å². The van der Waals surface area contributed by atoms with E-state index in [1.54, 1.807) is 0 Å². The van der Waals surface area contributed by atoms with Gasteiger partial charge >= 0.3 is 12.6 Å². The van der Waals surface area contributed by atoms with Crippen molar-refractivity contribution < 1.29 is 40.9 Å². The molecule has 1 fully saturated rings. The molecule has 1 atom stereocenters. The zero-order valence-electron chi connectivity index (χ0n) is 20.2. The highest BCUT2D eigenvalue weighted by molar-refractivity contribution is 7.92. The number of rotatable bonds is 12. The van der Waals surface area contributed by atoms with Crippen LogP contribution in [0.3, 0.4) is 0 Å². The van der Waals surface area contributed by atoms with Crippen LogP contribution in [0.2, 0.25) is 10.0 Å². The van der Waals surface area contributed by atoms with Crippen molar-refractivity contribution in [3.8, 4) is 11.5 Å². The molecule has 210 valence electrons. The monoisotopic (exact) mass is 622 g/mol. The maximum atomic E-state index is 13.2. The molecule has 0 spiro atoms. The average molecular weight is 623 g/mol. The third-order valence-corrected chi connectivity index (χ3v) is 7.71. The summed E-state index contributed by atoms with van der Waals surface area (Å²) in [4.78, 5) is 13.2. The number of esters is 1.